The van der Waals surface area contributed by atoms with E-state index in [4.69, 9.17) is 30.6 Å². The van der Waals surface area contributed by atoms with Crippen LogP contribution in [0.1, 0.15) is 0 Å². The Hall–Kier alpha value is -0.370. The first kappa shape index (κ1) is 12.6. The highest BCUT2D eigenvalue weighted by molar-refractivity contribution is 7.81. The molecule has 11 heteroatoms. The van der Waals surface area contributed by atoms with E-state index in [1.165, 1.54) is 0 Å². The average molecular weight is 222 g/mol. The lowest BCUT2D eigenvalue weighted by molar-refractivity contribution is -0.439. The van der Waals surface area contributed by atoms with Crippen LogP contribution in [0.4, 0.5) is 0 Å². The normalized spacial score (nSPS) is 14.6. The van der Waals surface area contributed by atoms with Crippen LogP contribution < -0.4 is 0 Å². The van der Waals surface area contributed by atoms with Gasteiger partial charge in [0.2, 0.25) is 0 Å². The zero-order chi connectivity index (χ0) is 10.9. The molecule has 13 heavy (non-hydrogen) atoms. The number of aliphatic hydroxyl groups is 6. The summed E-state index contributed by atoms with van der Waals surface area (Å²) in [6, 6.07) is 0. The number of rotatable bonds is 4. The van der Waals surface area contributed by atoms with E-state index in [1.807, 2.05) is 0 Å². The first-order valence-corrected chi connectivity index (χ1v) is 3.75. The smallest absolute Gasteiger partial charge is 0.318 e. The molecule has 0 aliphatic carbocycles. The molecule has 10 nitrogen and oxygen atoms in total. The topological polar surface area (TPSA) is 174 Å². The Morgan fingerprint density at radius 1 is 0.769 bits per heavy atom. The molecule has 0 aliphatic rings. The van der Waals surface area contributed by atoms with Crippen molar-refractivity contribution in [3.05, 3.63) is 0 Å². The van der Waals surface area contributed by atoms with E-state index in [0.717, 1.165) is 0 Å². The van der Waals surface area contributed by atoms with Gasteiger partial charge in [-0.2, -0.15) is 16.8 Å². The second kappa shape index (κ2) is 3.41. The molecular formula is C2H6O10S. The third kappa shape index (κ3) is 7.97. The van der Waals surface area contributed by atoms with Gasteiger partial charge in [-0.1, -0.05) is 0 Å². The minimum absolute atomic E-state index is 2.94. The largest absolute Gasteiger partial charge is 0.421 e. The summed E-state index contributed by atoms with van der Waals surface area (Å²) in [5, 5.41) is 47.6. The van der Waals surface area contributed by atoms with Gasteiger partial charge < -0.3 is 30.6 Å². The van der Waals surface area contributed by atoms with Crippen molar-refractivity contribution in [2.75, 3.05) is 0 Å². The zero-order valence-corrected chi connectivity index (χ0v) is 6.54. The van der Waals surface area contributed by atoms with E-state index in [9.17, 15) is 8.42 Å². The molecule has 0 aliphatic heterocycles. The molecule has 0 spiro atoms. The Bertz CT molecular complexity index is 228. The van der Waals surface area contributed by atoms with Gasteiger partial charge in [-0.05, 0) is 0 Å². The monoisotopic (exact) mass is 222 g/mol. The van der Waals surface area contributed by atoms with Gasteiger partial charge in [0.05, 0.1) is 0 Å². The van der Waals surface area contributed by atoms with Gasteiger partial charge in [0, 0.05) is 0 Å². The molecule has 0 rings (SSSR count). The van der Waals surface area contributed by atoms with Crippen LogP contribution in [0.2, 0.25) is 0 Å². The number of hydrogen-bond donors (Lipinski definition) is 6. The molecule has 6 N–H and O–H groups in total. The van der Waals surface area contributed by atoms with Crippen LogP contribution >= 0.6 is 0 Å². The highest BCUT2D eigenvalue weighted by Gasteiger charge is 2.36. The minimum atomic E-state index is -5.40. The Morgan fingerprint density at radius 2 is 1.00 bits per heavy atom. The fourth-order valence-corrected chi connectivity index (χ4v) is 0.873. The highest BCUT2D eigenvalue weighted by atomic mass is 32.3. The summed E-state index contributed by atoms with van der Waals surface area (Å²) >= 11 is 0. The van der Waals surface area contributed by atoms with Crippen LogP contribution in [0.15, 0.2) is 0 Å². The van der Waals surface area contributed by atoms with E-state index in [1.54, 1.807) is 0 Å². The second-order valence-corrected chi connectivity index (χ2v) is 2.87. The quantitative estimate of drug-likeness (QED) is 0.254. The highest BCUT2D eigenvalue weighted by Crippen LogP contribution is 2.10. The van der Waals surface area contributed by atoms with E-state index in [0.29, 0.717) is 0 Å². The van der Waals surface area contributed by atoms with E-state index < -0.39 is 22.7 Å². The molecule has 0 aromatic carbocycles. The Labute approximate surface area is 71.1 Å². The van der Waals surface area contributed by atoms with Gasteiger partial charge in [0.25, 0.3) is 0 Å². The van der Waals surface area contributed by atoms with Crippen LogP contribution in [0.3, 0.4) is 0 Å². The van der Waals surface area contributed by atoms with Gasteiger partial charge in [0.15, 0.2) is 0 Å². The van der Waals surface area contributed by atoms with Crippen LogP contribution in [-0.2, 0) is 18.8 Å². The lowest BCUT2D eigenvalue weighted by Gasteiger charge is -2.16. The standard InChI is InChI=1S/C2H6O10S/c3-1(4,5)11-13(9,10)12-2(6,7)8/h3-8H. The second-order valence-electron chi connectivity index (χ2n) is 1.72. The van der Waals surface area contributed by atoms with Gasteiger partial charge in [0.1, 0.15) is 0 Å². The fraction of sp³-hybridized carbons (Fsp3) is 1.00. The summed E-state index contributed by atoms with van der Waals surface area (Å²) in [6.45, 7) is 0. The van der Waals surface area contributed by atoms with Gasteiger partial charge in [-0.15, -0.1) is 0 Å². The molecule has 0 heterocycles. The molecule has 0 unspecified atom stereocenters. The van der Waals surface area contributed by atoms with E-state index >= 15 is 0 Å². The predicted molar refractivity (Wildman–Crippen MR) is 29.9 cm³/mol. The van der Waals surface area contributed by atoms with Crippen molar-refractivity contribution in [3.63, 3.8) is 0 Å². The van der Waals surface area contributed by atoms with Crippen molar-refractivity contribution in [1.29, 1.82) is 0 Å². The van der Waals surface area contributed by atoms with Crippen LogP contribution in [-0.4, -0.2) is 51.4 Å². The van der Waals surface area contributed by atoms with Crippen molar-refractivity contribution in [2.24, 2.45) is 0 Å². The van der Waals surface area contributed by atoms with Crippen molar-refractivity contribution in [2.45, 2.75) is 12.3 Å². The predicted octanol–water partition coefficient (Wildman–Crippen LogP) is -4.56. The Kier molecular flexibility index (Phi) is 3.31. The van der Waals surface area contributed by atoms with Crippen LogP contribution in [0, 0.1) is 0 Å². The third-order valence-corrected chi connectivity index (χ3v) is 1.28. The summed E-state index contributed by atoms with van der Waals surface area (Å²) in [4.78, 5) is 0. The molecular weight excluding hydrogens is 216 g/mol. The molecule has 0 aromatic rings. The average Bonchev–Trinajstić information content (AvgIpc) is 1.43. The van der Waals surface area contributed by atoms with Gasteiger partial charge in [-0.3, -0.25) is 0 Å². The summed E-state index contributed by atoms with van der Waals surface area (Å²) in [5.41, 5.74) is 0. The summed E-state index contributed by atoms with van der Waals surface area (Å²) in [7, 11) is -5.40. The molecule has 0 saturated heterocycles. The van der Waals surface area contributed by atoms with Crippen LogP contribution in [0.5, 0.6) is 0 Å². The molecule has 80 valence electrons. The summed E-state index contributed by atoms with van der Waals surface area (Å²) in [5.74, 6) is 0. The lowest BCUT2D eigenvalue weighted by Crippen LogP contribution is -2.40. The van der Waals surface area contributed by atoms with Gasteiger partial charge in [-0.25, -0.2) is 0 Å². The molecule has 0 saturated carbocycles. The van der Waals surface area contributed by atoms with E-state index in [-0.39, 0.29) is 0 Å². The van der Waals surface area contributed by atoms with Crippen molar-refractivity contribution >= 4 is 10.4 Å². The summed E-state index contributed by atoms with van der Waals surface area (Å²) < 4.78 is 26.4. The molecule has 0 atom stereocenters. The van der Waals surface area contributed by atoms with Crippen molar-refractivity contribution < 1.29 is 47.4 Å². The first-order valence-electron chi connectivity index (χ1n) is 2.42. The maximum Gasteiger partial charge on any atom is 0.421 e. The van der Waals surface area contributed by atoms with E-state index in [2.05, 4.69) is 8.37 Å². The first-order chi connectivity index (χ1) is 5.41. The summed E-state index contributed by atoms with van der Waals surface area (Å²) in [6.07, 6.45) is -8.19. The van der Waals surface area contributed by atoms with Gasteiger partial charge >= 0.3 is 22.7 Å². The number of hydrogen-bond acceptors (Lipinski definition) is 10. The molecule has 0 amide bonds. The molecule has 0 aromatic heterocycles. The Balaban J connectivity index is 4.46. The van der Waals surface area contributed by atoms with Crippen molar-refractivity contribution in [1.82, 2.24) is 0 Å². The zero-order valence-electron chi connectivity index (χ0n) is 5.72. The maximum atomic E-state index is 10.3. The molecule has 0 fully saturated rings. The minimum Gasteiger partial charge on any atom is -0.318 e. The van der Waals surface area contributed by atoms with Crippen LogP contribution in [0.25, 0.3) is 0 Å². The molecule has 0 radical (unpaired) electrons. The SMILES string of the molecule is O=S(=O)(OC(O)(O)O)OC(O)(O)O. The maximum absolute atomic E-state index is 10.3. The fourth-order valence-electron chi connectivity index (χ4n) is 0.291. The third-order valence-electron chi connectivity index (χ3n) is 0.428. The Morgan fingerprint density at radius 3 is 1.15 bits per heavy atom. The van der Waals surface area contributed by atoms with Crippen molar-refractivity contribution in [3.8, 4) is 0 Å². The molecule has 0 bridgehead atoms. The lowest BCUT2D eigenvalue weighted by atomic mass is 11.2.